The quantitative estimate of drug-likeness (QED) is 0.742. The zero-order chi connectivity index (χ0) is 19.5. The summed E-state index contributed by atoms with van der Waals surface area (Å²) in [5.74, 6) is 1.32. The van der Waals surface area contributed by atoms with Gasteiger partial charge in [0.05, 0.1) is 18.8 Å². The number of rotatable bonds is 5. The average molecular weight is 377 g/mol. The molecule has 0 saturated carbocycles. The number of fused-ring (bicyclic) bond motifs is 1. The maximum absolute atomic E-state index is 12.4. The van der Waals surface area contributed by atoms with Crippen LogP contribution >= 0.6 is 0 Å². The molecule has 1 amide bonds. The fourth-order valence-corrected chi connectivity index (χ4v) is 3.24. The molecule has 4 rings (SSSR count). The highest BCUT2D eigenvalue weighted by Gasteiger charge is 2.21. The molecule has 0 aliphatic carbocycles. The minimum absolute atomic E-state index is 0.125. The third kappa shape index (κ3) is 4.01. The van der Waals surface area contributed by atoms with Crippen LogP contribution in [0.3, 0.4) is 0 Å². The number of benzene rings is 2. The molecule has 6 heteroatoms. The van der Waals surface area contributed by atoms with Gasteiger partial charge in [0.15, 0.2) is 11.5 Å². The monoisotopic (exact) mass is 377 g/mol. The van der Waals surface area contributed by atoms with Crippen LogP contribution in [-0.4, -0.2) is 34.9 Å². The Morgan fingerprint density at radius 2 is 1.89 bits per heavy atom. The Bertz CT molecular complexity index is 979. The molecular formula is C22H23N3O3. The molecule has 6 nitrogen and oxygen atoms in total. The Hall–Kier alpha value is -3.28. The summed E-state index contributed by atoms with van der Waals surface area (Å²) in [6.07, 6.45) is -0.204. The molecule has 0 radical (unpaired) electrons. The van der Waals surface area contributed by atoms with E-state index in [1.807, 2.05) is 67.1 Å². The number of amides is 1. The van der Waals surface area contributed by atoms with Gasteiger partial charge in [-0.1, -0.05) is 24.3 Å². The van der Waals surface area contributed by atoms with Crippen LogP contribution in [0.25, 0.3) is 0 Å². The van der Waals surface area contributed by atoms with Gasteiger partial charge in [-0.2, -0.15) is 5.10 Å². The summed E-state index contributed by atoms with van der Waals surface area (Å²) >= 11 is 0. The van der Waals surface area contributed by atoms with Crippen molar-refractivity contribution in [2.75, 3.05) is 13.2 Å². The largest absolute Gasteiger partial charge is 0.486 e. The minimum atomic E-state index is -0.204. The van der Waals surface area contributed by atoms with Crippen molar-refractivity contribution >= 4 is 5.91 Å². The Labute approximate surface area is 164 Å². The summed E-state index contributed by atoms with van der Waals surface area (Å²) in [5.41, 5.74) is 3.85. The van der Waals surface area contributed by atoms with E-state index in [4.69, 9.17) is 9.47 Å². The van der Waals surface area contributed by atoms with Gasteiger partial charge < -0.3 is 14.8 Å². The standard InChI is InChI=1S/C22H23N3O3/c1-15-11-16(2)25(24-15)13-17-7-9-18(10-8-17)22(26)23-12-19-14-27-20-5-3-4-6-21(20)28-19/h3-11,19H,12-14H2,1-2H3,(H,23,26)/t19-/m0/s1. The molecule has 3 aromatic rings. The summed E-state index contributed by atoms with van der Waals surface area (Å²) in [6, 6.07) is 17.2. The highest BCUT2D eigenvalue weighted by atomic mass is 16.6. The Kier molecular flexibility index (Phi) is 5.02. The van der Waals surface area contributed by atoms with E-state index in [1.54, 1.807) is 0 Å². The molecule has 1 aliphatic rings. The molecule has 1 aromatic heterocycles. The molecule has 0 fully saturated rings. The number of hydrogen-bond donors (Lipinski definition) is 1. The summed E-state index contributed by atoms with van der Waals surface area (Å²) in [6.45, 7) is 5.52. The maximum Gasteiger partial charge on any atom is 0.251 e. The number of nitrogens with one attached hydrogen (secondary N) is 1. The third-order valence-corrected chi connectivity index (χ3v) is 4.71. The Morgan fingerprint density at radius 1 is 1.14 bits per heavy atom. The van der Waals surface area contributed by atoms with E-state index in [1.165, 1.54) is 0 Å². The molecule has 2 aromatic carbocycles. The summed E-state index contributed by atoms with van der Waals surface area (Å²) in [4.78, 5) is 12.4. The van der Waals surface area contributed by atoms with E-state index in [0.717, 1.165) is 22.7 Å². The lowest BCUT2D eigenvalue weighted by Gasteiger charge is -2.26. The first-order chi connectivity index (χ1) is 13.6. The first-order valence-corrected chi connectivity index (χ1v) is 9.35. The topological polar surface area (TPSA) is 65.4 Å². The van der Waals surface area contributed by atoms with E-state index in [-0.39, 0.29) is 12.0 Å². The van der Waals surface area contributed by atoms with Crippen molar-refractivity contribution in [3.63, 3.8) is 0 Å². The molecule has 0 bridgehead atoms. The second-order valence-corrected chi connectivity index (χ2v) is 6.99. The predicted octanol–water partition coefficient (Wildman–Crippen LogP) is 3.12. The van der Waals surface area contributed by atoms with Gasteiger partial charge >= 0.3 is 0 Å². The number of carbonyl (C=O) groups is 1. The molecule has 0 spiro atoms. The molecule has 1 aliphatic heterocycles. The number of hydrogen-bond acceptors (Lipinski definition) is 4. The van der Waals surface area contributed by atoms with Gasteiger partial charge in [0.25, 0.3) is 5.91 Å². The van der Waals surface area contributed by atoms with E-state index in [0.29, 0.717) is 31.0 Å². The summed E-state index contributed by atoms with van der Waals surface area (Å²) in [5, 5.41) is 7.39. The van der Waals surface area contributed by atoms with Crippen molar-refractivity contribution in [1.82, 2.24) is 15.1 Å². The Morgan fingerprint density at radius 3 is 2.61 bits per heavy atom. The zero-order valence-corrected chi connectivity index (χ0v) is 16.0. The first kappa shape index (κ1) is 18.1. The molecule has 28 heavy (non-hydrogen) atoms. The van der Waals surface area contributed by atoms with Crippen LogP contribution < -0.4 is 14.8 Å². The van der Waals surface area contributed by atoms with Crippen molar-refractivity contribution in [3.8, 4) is 11.5 Å². The van der Waals surface area contributed by atoms with Crippen molar-refractivity contribution in [3.05, 3.63) is 77.1 Å². The van der Waals surface area contributed by atoms with Crippen molar-refractivity contribution < 1.29 is 14.3 Å². The van der Waals surface area contributed by atoms with Gasteiger partial charge in [0.1, 0.15) is 12.7 Å². The number of ether oxygens (including phenoxy) is 2. The maximum atomic E-state index is 12.4. The smallest absolute Gasteiger partial charge is 0.251 e. The van der Waals surface area contributed by atoms with Crippen LogP contribution in [-0.2, 0) is 6.54 Å². The van der Waals surface area contributed by atoms with Gasteiger partial charge in [-0.25, -0.2) is 0 Å². The molecule has 1 atom stereocenters. The SMILES string of the molecule is Cc1cc(C)n(Cc2ccc(C(=O)NC[C@H]3COc4ccccc4O3)cc2)n1. The molecule has 1 N–H and O–H groups in total. The van der Waals surface area contributed by atoms with Gasteiger partial charge in [0.2, 0.25) is 0 Å². The number of para-hydroxylation sites is 2. The third-order valence-electron chi connectivity index (χ3n) is 4.71. The van der Waals surface area contributed by atoms with Crippen molar-refractivity contribution in [2.45, 2.75) is 26.5 Å². The van der Waals surface area contributed by atoms with Crippen LogP contribution in [0.2, 0.25) is 0 Å². The normalized spacial score (nSPS) is 15.3. The lowest BCUT2D eigenvalue weighted by atomic mass is 10.1. The Balaban J connectivity index is 1.32. The number of aromatic nitrogens is 2. The van der Waals surface area contributed by atoms with Crippen molar-refractivity contribution in [2.24, 2.45) is 0 Å². The van der Waals surface area contributed by atoms with Gasteiger partial charge in [-0.15, -0.1) is 0 Å². The van der Waals surface area contributed by atoms with Gasteiger partial charge in [-0.3, -0.25) is 9.48 Å². The fraction of sp³-hybridized carbons (Fsp3) is 0.273. The lowest BCUT2D eigenvalue weighted by molar-refractivity contribution is 0.0789. The van der Waals surface area contributed by atoms with Crippen LogP contribution in [0.15, 0.2) is 54.6 Å². The van der Waals surface area contributed by atoms with Crippen LogP contribution in [0.4, 0.5) is 0 Å². The van der Waals surface area contributed by atoms with E-state index < -0.39 is 0 Å². The van der Waals surface area contributed by atoms with Crippen LogP contribution in [0.1, 0.15) is 27.3 Å². The number of nitrogens with zero attached hydrogens (tertiary/aromatic N) is 2. The fourth-order valence-electron chi connectivity index (χ4n) is 3.24. The lowest BCUT2D eigenvalue weighted by Crippen LogP contribution is -2.40. The number of aryl methyl sites for hydroxylation is 2. The second-order valence-electron chi connectivity index (χ2n) is 6.99. The highest BCUT2D eigenvalue weighted by Crippen LogP contribution is 2.30. The van der Waals surface area contributed by atoms with E-state index in [2.05, 4.69) is 16.5 Å². The molecule has 0 saturated heterocycles. The van der Waals surface area contributed by atoms with Crippen LogP contribution in [0.5, 0.6) is 11.5 Å². The summed E-state index contributed by atoms with van der Waals surface area (Å²) in [7, 11) is 0. The van der Waals surface area contributed by atoms with Crippen LogP contribution in [0, 0.1) is 13.8 Å². The van der Waals surface area contributed by atoms with Gasteiger partial charge in [0, 0.05) is 11.3 Å². The molecular weight excluding hydrogens is 354 g/mol. The molecule has 144 valence electrons. The first-order valence-electron chi connectivity index (χ1n) is 9.35. The highest BCUT2D eigenvalue weighted by molar-refractivity contribution is 5.94. The van der Waals surface area contributed by atoms with Gasteiger partial charge in [-0.05, 0) is 49.7 Å². The summed E-state index contributed by atoms with van der Waals surface area (Å²) < 4.78 is 13.5. The second kappa shape index (κ2) is 7.76. The zero-order valence-electron chi connectivity index (χ0n) is 16.0. The van der Waals surface area contributed by atoms with Crippen molar-refractivity contribution in [1.29, 1.82) is 0 Å². The van der Waals surface area contributed by atoms with E-state index >= 15 is 0 Å². The average Bonchev–Trinajstić information content (AvgIpc) is 3.03. The molecule has 0 unspecified atom stereocenters. The minimum Gasteiger partial charge on any atom is -0.486 e. The predicted molar refractivity (Wildman–Crippen MR) is 106 cm³/mol. The number of carbonyl (C=O) groups excluding carboxylic acids is 1. The van der Waals surface area contributed by atoms with E-state index in [9.17, 15) is 4.79 Å². The molecule has 2 heterocycles.